The molecule has 82 valence electrons. The average Bonchev–Trinajstić information content (AvgIpc) is 1.97. The minimum Gasteiger partial charge on any atom is -0.480 e. The first kappa shape index (κ1) is 12.7. The van der Waals surface area contributed by atoms with Crippen molar-refractivity contribution in [1.29, 1.82) is 0 Å². The van der Waals surface area contributed by atoms with E-state index in [0.29, 0.717) is 0 Å². The summed E-state index contributed by atoms with van der Waals surface area (Å²) >= 11 is 0. The predicted molar refractivity (Wildman–Crippen MR) is 49.9 cm³/mol. The van der Waals surface area contributed by atoms with Crippen molar-refractivity contribution < 1.29 is 19.8 Å². The summed E-state index contributed by atoms with van der Waals surface area (Å²) in [5.74, 6) is -1.26. The molecule has 0 saturated heterocycles. The maximum Gasteiger partial charge on any atom is 0.328 e. The summed E-state index contributed by atoms with van der Waals surface area (Å²) in [6, 6.07) is -1.97. The summed E-state index contributed by atoms with van der Waals surface area (Å²) in [7, 11) is 0. The monoisotopic (exact) mass is 204 g/mol. The molecule has 2 unspecified atom stereocenters. The van der Waals surface area contributed by atoms with Gasteiger partial charge in [0.25, 0.3) is 0 Å². The molecule has 6 heteroatoms. The van der Waals surface area contributed by atoms with Crippen LogP contribution in [0, 0.1) is 0 Å². The first-order valence-electron chi connectivity index (χ1n) is 4.32. The number of aliphatic hydroxyl groups excluding tert-OH is 1. The maximum atomic E-state index is 11.1. The van der Waals surface area contributed by atoms with Gasteiger partial charge in [-0.3, -0.25) is 0 Å². The van der Waals surface area contributed by atoms with Crippen molar-refractivity contribution in [2.24, 2.45) is 0 Å². The van der Waals surface area contributed by atoms with Crippen LogP contribution >= 0.6 is 0 Å². The second-order valence-electron chi connectivity index (χ2n) is 3.33. The first-order valence-corrected chi connectivity index (χ1v) is 4.32. The summed E-state index contributed by atoms with van der Waals surface area (Å²) in [5, 5.41) is 22.3. The third-order valence-electron chi connectivity index (χ3n) is 1.45. The van der Waals surface area contributed by atoms with Crippen LogP contribution in [0.25, 0.3) is 0 Å². The molecular weight excluding hydrogens is 188 g/mol. The molecule has 2 atom stereocenters. The molecule has 0 heterocycles. The Kier molecular flexibility index (Phi) is 4.93. The molecule has 0 fully saturated rings. The van der Waals surface area contributed by atoms with Crippen LogP contribution in [0.1, 0.15) is 20.8 Å². The largest absolute Gasteiger partial charge is 0.480 e. The number of amides is 2. The van der Waals surface area contributed by atoms with Crippen molar-refractivity contribution in [3.63, 3.8) is 0 Å². The number of nitrogens with one attached hydrogen (secondary N) is 2. The summed E-state index contributed by atoms with van der Waals surface area (Å²) in [6.07, 6.45) is -1.13. The molecule has 2 amide bonds. The molecule has 0 aliphatic heterocycles. The van der Waals surface area contributed by atoms with E-state index in [4.69, 9.17) is 10.2 Å². The zero-order valence-electron chi connectivity index (χ0n) is 8.44. The van der Waals surface area contributed by atoms with Gasteiger partial charge in [-0.25, -0.2) is 9.59 Å². The Morgan fingerprint density at radius 2 is 1.64 bits per heavy atom. The molecular formula is C8H16N2O4. The van der Waals surface area contributed by atoms with E-state index >= 15 is 0 Å². The SMILES string of the molecule is CC(C)NC(=O)NC(C(=O)O)C(C)O. The molecule has 0 bridgehead atoms. The van der Waals surface area contributed by atoms with Crippen molar-refractivity contribution in [3.05, 3.63) is 0 Å². The van der Waals surface area contributed by atoms with E-state index in [1.807, 2.05) is 0 Å². The highest BCUT2D eigenvalue weighted by Gasteiger charge is 2.24. The lowest BCUT2D eigenvalue weighted by molar-refractivity contribution is -0.141. The third kappa shape index (κ3) is 4.66. The van der Waals surface area contributed by atoms with Gasteiger partial charge in [0.2, 0.25) is 0 Å². The summed E-state index contributed by atoms with van der Waals surface area (Å²) in [4.78, 5) is 21.6. The van der Waals surface area contributed by atoms with Gasteiger partial charge in [0.15, 0.2) is 6.04 Å². The number of carboxylic acids is 1. The Morgan fingerprint density at radius 3 is 1.93 bits per heavy atom. The minimum atomic E-state index is -1.28. The van der Waals surface area contributed by atoms with Crippen LogP contribution in [-0.4, -0.2) is 40.4 Å². The van der Waals surface area contributed by atoms with E-state index in [9.17, 15) is 9.59 Å². The molecule has 0 rings (SSSR count). The topological polar surface area (TPSA) is 98.7 Å². The van der Waals surface area contributed by atoms with E-state index in [-0.39, 0.29) is 6.04 Å². The highest BCUT2D eigenvalue weighted by atomic mass is 16.4. The fourth-order valence-corrected chi connectivity index (χ4v) is 0.834. The number of hydrogen-bond acceptors (Lipinski definition) is 3. The lowest BCUT2D eigenvalue weighted by Gasteiger charge is -2.18. The van der Waals surface area contributed by atoms with Gasteiger partial charge < -0.3 is 20.8 Å². The standard InChI is InChI=1S/C8H16N2O4/c1-4(2)9-8(14)10-6(5(3)11)7(12)13/h4-6,11H,1-3H3,(H,12,13)(H2,9,10,14). The molecule has 0 spiro atoms. The molecule has 0 aromatic rings. The quantitative estimate of drug-likeness (QED) is 0.497. The zero-order chi connectivity index (χ0) is 11.3. The molecule has 6 nitrogen and oxygen atoms in total. The van der Waals surface area contributed by atoms with E-state index in [1.165, 1.54) is 6.92 Å². The minimum absolute atomic E-state index is 0.0848. The second-order valence-corrected chi connectivity index (χ2v) is 3.33. The number of aliphatic hydroxyl groups is 1. The Morgan fingerprint density at radius 1 is 1.14 bits per heavy atom. The molecule has 0 saturated carbocycles. The van der Waals surface area contributed by atoms with E-state index in [2.05, 4.69) is 10.6 Å². The van der Waals surface area contributed by atoms with Crippen LogP contribution in [-0.2, 0) is 4.79 Å². The first-order chi connectivity index (χ1) is 6.34. The fourth-order valence-electron chi connectivity index (χ4n) is 0.834. The van der Waals surface area contributed by atoms with Gasteiger partial charge in [0.1, 0.15) is 0 Å². The van der Waals surface area contributed by atoms with Gasteiger partial charge in [0.05, 0.1) is 6.10 Å². The lowest BCUT2D eigenvalue weighted by Crippen LogP contribution is -2.52. The Hall–Kier alpha value is -1.30. The highest BCUT2D eigenvalue weighted by molar-refractivity contribution is 5.83. The van der Waals surface area contributed by atoms with Crippen molar-refractivity contribution in [1.82, 2.24) is 10.6 Å². The van der Waals surface area contributed by atoms with E-state index in [0.717, 1.165) is 0 Å². The van der Waals surface area contributed by atoms with Crippen molar-refractivity contribution in [2.75, 3.05) is 0 Å². The molecule has 0 aromatic carbocycles. The van der Waals surface area contributed by atoms with Crippen LogP contribution in [0.3, 0.4) is 0 Å². The van der Waals surface area contributed by atoms with Crippen molar-refractivity contribution in [3.8, 4) is 0 Å². The number of carbonyl (C=O) groups is 2. The summed E-state index contributed by atoms with van der Waals surface area (Å²) in [6.45, 7) is 4.80. The van der Waals surface area contributed by atoms with Crippen LogP contribution in [0.2, 0.25) is 0 Å². The number of aliphatic carboxylic acids is 1. The number of urea groups is 1. The lowest BCUT2D eigenvalue weighted by atomic mass is 10.2. The smallest absolute Gasteiger partial charge is 0.328 e. The third-order valence-corrected chi connectivity index (χ3v) is 1.45. The van der Waals surface area contributed by atoms with Gasteiger partial charge in [-0.15, -0.1) is 0 Å². The number of hydrogen-bond donors (Lipinski definition) is 4. The Balaban J connectivity index is 4.17. The molecule has 0 aliphatic carbocycles. The second kappa shape index (κ2) is 5.43. The van der Waals surface area contributed by atoms with Crippen LogP contribution < -0.4 is 10.6 Å². The maximum absolute atomic E-state index is 11.1. The Labute approximate surface area is 82.3 Å². The van der Waals surface area contributed by atoms with E-state index < -0.39 is 24.1 Å². The van der Waals surface area contributed by atoms with Crippen LogP contribution in [0.15, 0.2) is 0 Å². The van der Waals surface area contributed by atoms with Gasteiger partial charge in [-0.05, 0) is 20.8 Å². The number of carbonyl (C=O) groups excluding carboxylic acids is 1. The number of carboxylic acid groups (broad SMARTS) is 1. The molecule has 14 heavy (non-hydrogen) atoms. The molecule has 0 aliphatic rings. The molecule has 0 aromatic heterocycles. The highest BCUT2D eigenvalue weighted by Crippen LogP contribution is 1.92. The summed E-state index contributed by atoms with van der Waals surface area (Å²) in [5.41, 5.74) is 0. The van der Waals surface area contributed by atoms with Gasteiger partial charge >= 0.3 is 12.0 Å². The van der Waals surface area contributed by atoms with Crippen molar-refractivity contribution in [2.45, 2.75) is 39.0 Å². The van der Waals surface area contributed by atoms with Crippen LogP contribution in [0.5, 0.6) is 0 Å². The Bertz CT molecular complexity index is 215. The normalized spacial score (nSPS) is 14.6. The van der Waals surface area contributed by atoms with E-state index in [1.54, 1.807) is 13.8 Å². The van der Waals surface area contributed by atoms with Gasteiger partial charge in [-0.1, -0.05) is 0 Å². The molecule has 0 radical (unpaired) electrons. The summed E-state index contributed by atoms with van der Waals surface area (Å²) < 4.78 is 0. The van der Waals surface area contributed by atoms with Gasteiger partial charge in [0, 0.05) is 6.04 Å². The average molecular weight is 204 g/mol. The predicted octanol–water partition coefficient (Wildman–Crippen LogP) is -0.472. The van der Waals surface area contributed by atoms with Gasteiger partial charge in [-0.2, -0.15) is 0 Å². The number of rotatable bonds is 4. The van der Waals surface area contributed by atoms with Crippen molar-refractivity contribution >= 4 is 12.0 Å². The van der Waals surface area contributed by atoms with Crippen LogP contribution in [0.4, 0.5) is 4.79 Å². The fraction of sp³-hybridized carbons (Fsp3) is 0.750. The zero-order valence-corrected chi connectivity index (χ0v) is 8.44. The molecule has 4 N–H and O–H groups in total.